The molecule has 26 heavy (non-hydrogen) atoms. The number of benzene rings is 1. The number of thiophene rings is 1. The Kier molecular flexibility index (Phi) is 4.90. The third-order valence-corrected chi connectivity index (χ3v) is 5.11. The van der Waals surface area contributed by atoms with Gasteiger partial charge in [-0.25, -0.2) is 10.4 Å². The first-order valence-corrected chi connectivity index (χ1v) is 9.37. The highest BCUT2D eigenvalue weighted by molar-refractivity contribution is 7.11. The summed E-state index contributed by atoms with van der Waals surface area (Å²) < 4.78 is 0. The van der Waals surface area contributed by atoms with Crippen molar-refractivity contribution in [2.45, 2.75) is 19.5 Å². The Hall–Kier alpha value is -2.77. The van der Waals surface area contributed by atoms with Crippen LogP contribution in [-0.4, -0.2) is 27.6 Å². The van der Waals surface area contributed by atoms with E-state index >= 15 is 0 Å². The van der Waals surface area contributed by atoms with E-state index in [1.165, 1.54) is 5.56 Å². The van der Waals surface area contributed by atoms with Gasteiger partial charge >= 0.3 is 0 Å². The minimum Gasteiger partial charge on any atom is -0.294 e. The molecule has 1 aliphatic rings. The van der Waals surface area contributed by atoms with Crippen molar-refractivity contribution in [1.29, 1.82) is 0 Å². The molecule has 6 nitrogen and oxygen atoms in total. The van der Waals surface area contributed by atoms with Gasteiger partial charge in [-0.15, -0.1) is 11.3 Å². The molecule has 0 atom stereocenters. The maximum absolute atomic E-state index is 12.5. The summed E-state index contributed by atoms with van der Waals surface area (Å²) in [6.07, 6.45) is 2.47. The van der Waals surface area contributed by atoms with Crippen molar-refractivity contribution in [1.82, 2.24) is 14.9 Å². The summed E-state index contributed by atoms with van der Waals surface area (Å²) in [5.74, 6) is 0.387. The molecule has 0 bridgehead atoms. The summed E-state index contributed by atoms with van der Waals surface area (Å²) in [5, 5.41) is 6.12. The van der Waals surface area contributed by atoms with E-state index in [0.29, 0.717) is 12.5 Å². The van der Waals surface area contributed by atoms with Gasteiger partial charge in [0.15, 0.2) is 0 Å². The minimum atomic E-state index is -0.0958. The number of hydrogen-bond donors (Lipinski definition) is 2. The molecule has 3 aromatic rings. The average Bonchev–Trinajstić information content (AvgIpc) is 3.17. The van der Waals surface area contributed by atoms with Crippen LogP contribution in [0.25, 0.3) is 0 Å². The van der Waals surface area contributed by atoms with Gasteiger partial charge in [0.25, 0.3) is 5.56 Å². The minimum absolute atomic E-state index is 0.0958. The lowest BCUT2D eigenvalue weighted by Gasteiger charge is -2.27. The molecule has 1 aromatic carbocycles. The van der Waals surface area contributed by atoms with Crippen LogP contribution >= 0.6 is 11.3 Å². The quantitative estimate of drug-likeness (QED) is 0.539. The zero-order valence-electron chi connectivity index (χ0n) is 14.2. The van der Waals surface area contributed by atoms with E-state index in [-0.39, 0.29) is 5.56 Å². The van der Waals surface area contributed by atoms with Crippen LogP contribution in [-0.2, 0) is 19.5 Å². The van der Waals surface area contributed by atoms with E-state index in [1.807, 2.05) is 35.7 Å². The number of hydrazone groups is 1. The standard InChI is InChI=1S/C19H19N5OS/c25-18-16-13-24(12-14-5-2-1-3-6-14)9-8-17(16)21-19(22-18)23-20-11-15-7-4-10-26-15/h1-7,10-11H,8-9,12-13H2,(H2,21,22,23,25)/b20-11-. The highest BCUT2D eigenvalue weighted by Gasteiger charge is 2.21. The lowest BCUT2D eigenvalue weighted by Crippen LogP contribution is -2.35. The molecular weight excluding hydrogens is 346 g/mol. The van der Waals surface area contributed by atoms with Crippen LogP contribution in [0.3, 0.4) is 0 Å². The second-order valence-electron chi connectivity index (χ2n) is 6.17. The normalized spacial score (nSPS) is 14.5. The molecule has 0 spiro atoms. The van der Waals surface area contributed by atoms with Gasteiger partial charge in [0.1, 0.15) is 0 Å². The first-order valence-electron chi connectivity index (χ1n) is 8.49. The summed E-state index contributed by atoms with van der Waals surface area (Å²) in [7, 11) is 0. The Balaban J connectivity index is 1.45. The van der Waals surface area contributed by atoms with Gasteiger partial charge < -0.3 is 0 Å². The highest BCUT2D eigenvalue weighted by atomic mass is 32.1. The third-order valence-electron chi connectivity index (χ3n) is 4.30. The lowest BCUT2D eigenvalue weighted by atomic mass is 10.1. The maximum Gasteiger partial charge on any atom is 0.257 e. The summed E-state index contributed by atoms with van der Waals surface area (Å²) in [5.41, 5.74) is 5.58. The fourth-order valence-electron chi connectivity index (χ4n) is 3.03. The molecule has 0 radical (unpaired) electrons. The second kappa shape index (κ2) is 7.63. The molecule has 2 N–H and O–H groups in total. The Labute approximate surface area is 155 Å². The molecule has 0 unspecified atom stereocenters. The average molecular weight is 365 g/mol. The fraction of sp³-hybridized carbons (Fsp3) is 0.211. The van der Waals surface area contributed by atoms with E-state index in [4.69, 9.17) is 0 Å². The first-order chi connectivity index (χ1) is 12.8. The van der Waals surface area contributed by atoms with Crippen molar-refractivity contribution < 1.29 is 0 Å². The molecule has 4 rings (SSSR count). The lowest BCUT2D eigenvalue weighted by molar-refractivity contribution is 0.242. The molecule has 0 fully saturated rings. The van der Waals surface area contributed by atoms with Crippen molar-refractivity contribution in [3.8, 4) is 0 Å². The van der Waals surface area contributed by atoms with Gasteiger partial charge in [-0.05, 0) is 17.0 Å². The number of aromatic amines is 1. The van der Waals surface area contributed by atoms with Crippen LogP contribution in [0, 0.1) is 0 Å². The van der Waals surface area contributed by atoms with E-state index in [1.54, 1.807) is 17.6 Å². The molecule has 3 heterocycles. The van der Waals surface area contributed by atoms with Gasteiger partial charge in [-0.1, -0.05) is 36.4 Å². The van der Waals surface area contributed by atoms with Crippen LogP contribution in [0.1, 0.15) is 21.7 Å². The van der Waals surface area contributed by atoms with Gasteiger partial charge in [-0.2, -0.15) is 5.10 Å². The largest absolute Gasteiger partial charge is 0.294 e. The van der Waals surface area contributed by atoms with Gasteiger partial charge in [0.05, 0.1) is 17.5 Å². The smallest absolute Gasteiger partial charge is 0.257 e. The molecule has 0 amide bonds. The summed E-state index contributed by atoms with van der Waals surface area (Å²) >= 11 is 1.60. The molecular formula is C19H19N5OS. The van der Waals surface area contributed by atoms with E-state index < -0.39 is 0 Å². The summed E-state index contributed by atoms with van der Waals surface area (Å²) in [6, 6.07) is 14.2. The van der Waals surface area contributed by atoms with Crippen molar-refractivity contribution in [3.05, 3.63) is 79.9 Å². The van der Waals surface area contributed by atoms with Gasteiger partial charge in [-0.3, -0.25) is 14.7 Å². The Morgan fingerprint density at radius 3 is 2.96 bits per heavy atom. The predicted octanol–water partition coefficient (Wildman–Crippen LogP) is 2.84. The molecule has 7 heteroatoms. The van der Waals surface area contributed by atoms with Gasteiger partial charge in [0.2, 0.25) is 5.95 Å². The number of nitrogens with one attached hydrogen (secondary N) is 2. The fourth-order valence-corrected chi connectivity index (χ4v) is 3.62. The van der Waals surface area contributed by atoms with Gasteiger partial charge in [0, 0.05) is 30.9 Å². The van der Waals surface area contributed by atoms with E-state index in [0.717, 1.165) is 35.6 Å². The van der Waals surface area contributed by atoms with E-state index in [2.05, 4.69) is 37.5 Å². The zero-order chi connectivity index (χ0) is 17.8. The number of nitrogens with zero attached hydrogens (tertiary/aromatic N) is 3. The van der Waals surface area contributed by atoms with Crippen molar-refractivity contribution in [2.75, 3.05) is 12.0 Å². The Morgan fingerprint density at radius 2 is 2.15 bits per heavy atom. The van der Waals surface area contributed by atoms with Crippen LogP contribution < -0.4 is 11.0 Å². The molecule has 132 valence electrons. The Morgan fingerprint density at radius 1 is 1.27 bits per heavy atom. The molecule has 1 aliphatic heterocycles. The van der Waals surface area contributed by atoms with Crippen LogP contribution in [0.15, 0.2) is 57.7 Å². The summed E-state index contributed by atoms with van der Waals surface area (Å²) in [4.78, 5) is 23.1. The molecule has 0 aliphatic carbocycles. The first kappa shape index (κ1) is 16.7. The highest BCUT2D eigenvalue weighted by Crippen LogP contribution is 2.17. The second-order valence-corrected chi connectivity index (χ2v) is 7.15. The summed E-state index contributed by atoms with van der Waals surface area (Å²) in [6.45, 7) is 2.34. The van der Waals surface area contributed by atoms with E-state index in [9.17, 15) is 4.79 Å². The number of fused-ring (bicyclic) bond motifs is 1. The van der Waals surface area contributed by atoms with Crippen LogP contribution in [0.2, 0.25) is 0 Å². The molecule has 2 aromatic heterocycles. The number of hydrogen-bond acceptors (Lipinski definition) is 6. The topological polar surface area (TPSA) is 73.4 Å². The number of aromatic nitrogens is 2. The number of rotatable bonds is 5. The van der Waals surface area contributed by atoms with Crippen LogP contribution in [0.5, 0.6) is 0 Å². The third kappa shape index (κ3) is 3.89. The predicted molar refractivity (Wildman–Crippen MR) is 105 cm³/mol. The number of H-pyrrole nitrogens is 1. The SMILES string of the molecule is O=c1[nH]c(N/N=C\c2cccs2)nc2c1CN(Cc1ccccc1)CC2. The Bertz CT molecular complexity index is 950. The van der Waals surface area contributed by atoms with Crippen molar-refractivity contribution >= 4 is 23.5 Å². The zero-order valence-corrected chi connectivity index (χ0v) is 15.0. The van der Waals surface area contributed by atoms with Crippen molar-refractivity contribution in [3.63, 3.8) is 0 Å². The molecule has 0 saturated heterocycles. The maximum atomic E-state index is 12.5. The van der Waals surface area contributed by atoms with Crippen LogP contribution in [0.4, 0.5) is 5.95 Å². The number of anilines is 1. The van der Waals surface area contributed by atoms with Crippen molar-refractivity contribution in [2.24, 2.45) is 5.10 Å². The molecule has 0 saturated carbocycles. The monoisotopic (exact) mass is 365 g/mol.